The monoisotopic (exact) mass is 426 g/mol. The van der Waals surface area contributed by atoms with Crippen LogP contribution in [0.2, 0.25) is 0 Å². The first-order valence-electron chi connectivity index (χ1n) is 8.66. The number of nitrogens with zero attached hydrogens (tertiary/aromatic N) is 4. The Morgan fingerprint density at radius 2 is 2.15 bits per heavy atom. The third-order valence-electron chi connectivity index (χ3n) is 4.67. The molecule has 8 heteroatoms. The van der Waals surface area contributed by atoms with Crippen LogP contribution in [0, 0.1) is 35.5 Å². The van der Waals surface area contributed by atoms with Crippen LogP contribution in [-0.4, -0.2) is 21.1 Å². The fourth-order valence-electron chi connectivity index (χ4n) is 3.19. The molecule has 1 aromatic heterocycles. The molecule has 0 amide bonds. The molecule has 3 N–H and O–H groups in total. The second kappa shape index (κ2) is 8.34. The van der Waals surface area contributed by atoms with Gasteiger partial charge in [-0.05, 0) is 59.8 Å². The van der Waals surface area contributed by atoms with Crippen molar-refractivity contribution in [1.82, 2.24) is 9.97 Å². The van der Waals surface area contributed by atoms with Crippen LogP contribution in [0.1, 0.15) is 36.0 Å². The van der Waals surface area contributed by atoms with Crippen molar-refractivity contribution in [3.05, 3.63) is 39.5 Å². The largest absolute Gasteiger partial charge is 0.392 e. The lowest BCUT2D eigenvalue weighted by Crippen LogP contribution is -2.24. The highest BCUT2D eigenvalue weighted by molar-refractivity contribution is 9.10. The van der Waals surface area contributed by atoms with Crippen molar-refractivity contribution < 1.29 is 5.11 Å². The molecule has 0 bridgehead atoms. The molecule has 0 radical (unpaired) electrons. The minimum absolute atomic E-state index is 0.00690. The number of aromatic nitrogens is 2. The number of hydrogen-bond donors (Lipinski definition) is 3. The third kappa shape index (κ3) is 4.19. The molecule has 1 aromatic carbocycles. The first-order valence-corrected chi connectivity index (χ1v) is 9.45. The van der Waals surface area contributed by atoms with Gasteiger partial charge in [0.1, 0.15) is 11.9 Å². The van der Waals surface area contributed by atoms with Gasteiger partial charge in [0, 0.05) is 28.0 Å². The molecule has 2 atom stereocenters. The number of hydrogen-bond acceptors (Lipinski definition) is 7. The van der Waals surface area contributed by atoms with Gasteiger partial charge in [-0.15, -0.1) is 0 Å². The van der Waals surface area contributed by atoms with Gasteiger partial charge in [0.15, 0.2) is 0 Å². The molecule has 7 nitrogen and oxygen atoms in total. The van der Waals surface area contributed by atoms with Gasteiger partial charge in [-0.25, -0.2) is 4.98 Å². The zero-order chi connectivity index (χ0) is 19.4. The molecule has 1 aliphatic carbocycles. The topological polar surface area (TPSA) is 118 Å². The summed E-state index contributed by atoms with van der Waals surface area (Å²) in [5, 5.41) is 34.5. The highest BCUT2D eigenvalue weighted by Gasteiger charge is 2.27. The van der Waals surface area contributed by atoms with Crippen LogP contribution in [0.4, 0.5) is 17.5 Å². The molecule has 0 saturated heterocycles. The van der Waals surface area contributed by atoms with Crippen LogP contribution in [0.3, 0.4) is 0 Å². The van der Waals surface area contributed by atoms with Gasteiger partial charge in [-0.3, -0.25) is 0 Å². The number of aliphatic hydroxyl groups excluding tert-OH is 1. The van der Waals surface area contributed by atoms with Crippen LogP contribution >= 0.6 is 15.9 Å². The van der Waals surface area contributed by atoms with Gasteiger partial charge in [0.2, 0.25) is 5.95 Å². The van der Waals surface area contributed by atoms with Crippen molar-refractivity contribution >= 4 is 33.4 Å². The van der Waals surface area contributed by atoms with Crippen LogP contribution < -0.4 is 10.6 Å². The van der Waals surface area contributed by atoms with E-state index in [-0.39, 0.29) is 18.6 Å². The maximum atomic E-state index is 9.48. The van der Waals surface area contributed by atoms with Gasteiger partial charge in [0.25, 0.3) is 0 Å². The highest BCUT2D eigenvalue weighted by atomic mass is 79.9. The lowest BCUT2D eigenvalue weighted by molar-refractivity contribution is 0.281. The quantitative estimate of drug-likeness (QED) is 0.665. The van der Waals surface area contributed by atoms with Gasteiger partial charge in [-0.2, -0.15) is 15.5 Å². The summed E-state index contributed by atoms with van der Waals surface area (Å²) < 4.78 is 0.578. The lowest BCUT2D eigenvalue weighted by Gasteiger charge is -2.18. The van der Waals surface area contributed by atoms with Gasteiger partial charge in [-0.1, -0.05) is 0 Å². The van der Waals surface area contributed by atoms with E-state index in [0.717, 1.165) is 24.8 Å². The Morgan fingerprint density at radius 3 is 2.85 bits per heavy atom. The Morgan fingerprint density at radius 1 is 1.33 bits per heavy atom. The molecule has 1 unspecified atom stereocenters. The predicted octanol–water partition coefficient (Wildman–Crippen LogP) is 3.76. The maximum Gasteiger partial charge on any atom is 0.229 e. The van der Waals surface area contributed by atoms with E-state index < -0.39 is 0 Å². The molecule has 138 valence electrons. The molecule has 2 aromatic rings. The molecule has 1 saturated carbocycles. The van der Waals surface area contributed by atoms with Crippen LogP contribution in [-0.2, 0) is 6.61 Å². The minimum atomic E-state index is -0.191. The van der Waals surface area contributed by atoms with Crippen molar-refractivity contribution in [2.45, 2.75) is 38.8 Å². The van der Waals surface area contributed by atoms with E-state index in [9.17, 15) is 15.6 Å². The van der Waals surface area contributed by atoms with Crippen molar-refractivity contribution in [2.75, 3.05) is 10.6 Å². The zero-order valence-electron chi connectivity index (χ0n) is 14.8. The van der Waals surface area contributed by atoms with Crippen LogP contribution in [0.15, 0.2) is 22.8 Å². The third-order valence-corrected chi connectivity index (χ3v) is 5.61. The predicted molar refractivity (Wildman–Crippen MR) is 105 cm³/mol. The molecular weight excluding hydrogens is 408 g/mol. The summed E-state index contributed by atoms with van der Waals surface area (Å²) in [4.78, 5) is 8.83. The summed E-state index contributed by atoms with van der Waals surface area (Å²) in [5.41, 5.74) is 2.53. The highest BCUT2D eigenvalue weighted by Crippen LogP contribution is 2.30. The SMILES string of the molecule is Cc1cnc(Nc2cc(C#N)c(Br)c(CO)c2)nc1NC1CCC[C@@H]1C#N. The molecule has 1 fully saturated rings. The van der Waals surface area contributed by atoms with Crippen molar-refractivity contribution in [2.24, 2.45) is 5.92 Å². The standard InChI is InChI=1S/C19H19BrN6O/c1-11-9-23-19(26-18(11)25-16-4-2-3-12(16)7-21)24-15-5-13(8-22)17(20)14(6-15)10-27/h5-6,9,12,16,27H,2-4,10H2,1H3,(H2,23,24,25,26)/t12-,16?/m1/s1. The summed E-state index contributed by atoms with van der Waals surface area (Å²) in [7, 11) is 0. The van der Waals surface area contributed by atoms with Gasteiger partial charge < -0.3 is 15.7 Å². The van der Waals surface area contributed by atoms with Crippen molar-refractivity contribution in [1.29, 1.82) is 10.5 Å². The summed E-state index contributed by atoms with van der Waals surface area (Å²) >= 11 is 3.33. The Kier molecular flexibility index (Phi) is 5.90. The first kappa shape index (κ1) is 19.1. The number of benzene rings is 1. The Labute approximate surface area is 166 Å². The summed E-state index contributed by atoms with van der Waals surface area (Å²) in [6.07, 6.45) is 4.60. The van der Waals surface area contributed by atoms with Gasteiger partial charge in [0.05, 0.1) is 24.2 Å². The number of rotatable bonds is 5. The second-order valence-electron chi connectivity index (χ2n) is 6.53. The van der Waals surface area contributed by atoms with Crippen molar-refractivity contribution in [3.8, 4) is 12.1 Å². The fourth-order valence-corrected chi connectivity index (χ4v) is 3.64. The number of aryl methyl sites for hydroxylation is 1. The molecule has 3 rings (SSSR count). The molecule has 0 aliphatic heterocycles. The van der Waals surface area contributed by atoms with Gasteiger partial charge >= 0.3 is 0 Å². The van der Waals surface area contributed by atoms with Crippen LogP contribution in [0.25, 0.3) is 0 Å². The second-order valence-corrected chi connectivity index (χ2v) is 7.33. The number of halogens is 1. The van der Waals surface area contributed by atoms with E-state index >= 15 is 0 Å². The Bertz CT molecular complexity index is 933. The maximum absolute atomic E-state index is 9.48. The fraction of sp³-hybridized carbons (Fsp3) is 0.368. The lowest BCUT2D eigenvalue weighted by atomic mass is 10.1. The van der Waals surface area contributed by atoms with E-state index in [4.69, 9.17) is 0 Å². The van der Waals surface area contributed by atoms with E-state index in [2.05, 4.69) is 48.7 Å². The number of anilines is 3. The number of aliphatic hydroxyl groups is 1. The summed E-state index contributed by atoms with van der Waals surface area (Å²) in [5.74, 6) is 1.07. The summed E-state index contributed by atoms with van der Waals surface area (Å²) in [6.45, 7) is 1.73. The first-order chi connectivity index (χ1) is 13.0. The minimum Gasteiger partial charge on any atom is -0.392 e. The van der Waals surface area contributed by atoms with E-state index in [0.29, 0.717) is 33.1 Å². The Hall–Kier alpha value is -2.68. The van der Waals surface area contributed by atoms with Crippen molar-refractivity contribution in [3.63, 3.8) is 0 Å². The number of nitrogens with one attached hydrogen (secondary N) is 2. The number of nitriles is 2. The van der Waals surface area contributed by atoms with Crippen LogP contribution in [0.5, 0.6) is 0 Å². The molecule has 1 heterocycles. The molecule has 27 heavy (non-hydrogen) atoms. The molecule has 0 spiro atoms. The molecular formula is C19H19BrN6O. The summed E-state index contributed by atoms with van der Waals surface area (Å²) in [6, 6.07) is 7.95. The normalized spacial score (nSPS) is 18.6. The Balaban J connectivity index is 1.85. The van der Waals surface area contributed by atoms with E-state index in [1.165, 1.54) is 0 Å². The molecule has 1 aliphatic rings. The zero-order valence-corrected chi connectivity index (χ0v) is 16.4. The van der Waals surface area contributed by atoms with E-state index in [1.807, 2.05) is 6.92 Å². The van der Waals surface area contributed by atoms with E-state index in [1.54, 1.807) is 18.3 Å². The average molecular weight is 427 g/mol. The smallest absolute Gasteiger partial charge is 0.229 e. The average Bonchev–Trinajstić information content (AvgIpc) is 3.12.